The zero-order valence-corrected chi connectivity index (χ0v) is 17.8. The summed E-state index contributed by atoms with van der Waals surface area (Å²) in [6, 6.07) is 3.66. The topological polar surface area (TPSA) is 83.1 Å². The normalized spacial score (nSPS) is 20.9. The molecule has 2 aliphatic heterocycles. The summed E-state index contributed by atoms with van der Waals surface area (Å²) in [5.41, 5.74) is 1.23. The Morgan fingerprint density at radius 1 is 1.07 bits per heavy atom. The van der Waals surface area contributed by atoms with E-state index in [1.54, 1.807) is 12.1 Å². The van der Waals surface area contributed by atoms with E-state index in [1.807, 2.05) is 0 Å². The standard InChI is InChI=1S/C21H33N5O2/c1-6-20(7-2)12-15(13-21(8-3,9-4)25(20)5)24-16-10-11-17(26(27)28)19-18(16)22-14-23-19/h10-11,15,24H,6-9,12-14H2,1-5H3. The number of hydrogen-bond donors (Lipinski definition) is 1. The Morgan fingerprint density at radius 3 is 2.11 bits per heavy atom. The summed E-state index contributed by atoms with van der Waals surface area (Å²) in [5.74, 6) is 0. The summed E-state index contributed by atoms with van der Waals surface area (Å²) in [6.07, 6.45) is 6.55. The Labute approximate surface area is 167 Å². The van der Waals surface area contributed by atoms with Crippen molar-refractivity contribution in [3.05, 3.63) is 33.0 Å². The number of fused-ring (bicyclic) bond motifs is 1. The number of nitro groups is 1. The molecule has 0 aliphatic carbocycles. The van der Waals surface area contributed by atoms with Gasteiger partial charge in [-0.3, -0.25) is 25.0 Å². The Balaban J connectivity index is 1.98. The minimum Gasteiger partial charge on any atom is -0.380 e. The first kappa shape index (κ1) is 20.7. The predicted octanol–water partition coefficient (Wildman–Crippen LogP) is 3.43. The molecule has 0 amide bonds. The third kappa shape index (κ3) is 3.19. The van der Waals surface area contributed by atoms with Gasteiger partial charge in [0, 0.05) is 23.2 Å². The molecule has 1 saturated heterocycles. The molecule has 3 rings (SSSR count). The predicted molar refractivity (Wildman–Crippen MR) is 111 cm³/mol. The molecule has 7 heteroatoms. The lowest BCUT2D eigenvalue weighted by Gasteiger charge is -2.59. The van der Waals surface area contributed by atoms with Gasteiger partial charge in [0.1, 0.15) is 12.0 Å². The highest BCUT2D eigenvalue weighted by atomic mass is 16.6. The maximum atomic E-state index is 11.3. The van der Waals surface area contributed by atoms with Gasteiger partial charge in [-0.25, -0.2) is 0 Å². The molecule has 1 fully saturated rings. The van der Waals surface area contributed by atoms with E-state index < -0.39 is 0 Å². The van der Waals surface area contributed by atoms with Crippen LogP contribution in [-0.4, -0.2) is 40.7 Å². The molecule has 2 heterocycles. The van der Waals surface area contributed by atoms with Crippen molar-refractivity contribution in [1.29, 1.82) is 0 Å². The summed E-state index contributed by atoms with van der Waals surface area (Å²) in [6.45, 7) is 9.42. The van der Waals surface area contributed by atoms with E-state index in [2.05, 4.69) is 54.9 Å². The van der Waals surface area contributed by atoms with Crippen molar-refractivity contribution < 1.29 is 4.92 Å². The fourth-order valence-electron chi connectivity index (χ4n) is 5.44. The number of rotatable bonds is 7. The fraction of sp³-hybridized carbons (Fsp3) is 0.714. The SMILES string of the molecule is CCC1(CC)CC(Nc2ccc([N+](=O)[O-])c3c2=NCN=3)CC(CC)(CC)N1C. The average molecular weight is 388 g/mol. The van der Waals surface area contributed by atoms with Gasteiger partial charge in [-0.2, -0.15) is 0 Å². The largest absolute Gasteiger partial charge is 0.380 e. The molecular formula is C21H33N5O2. The number of anilines is 1. The van der Waals surface area contributed by atoms with Crippen LogP contribution < -0.4 is 16.0 Å². The number of nitro benzene ring substituents is 1. The van der Waals surface area contributed by atoms with Crippen LogP contribution in [0.5, 0.6) is 0 Å². The van der Waals surface area contributed by atoms with Crippen molar-refractivity contribution in [3.63, 3.8) is 0 Å². The molecule has 154 valence electrons. The van der Waals surface area contributed by atoms with Crippen molar-refractivity contribution >= 4 is 11.4 Å². The van der Waals surface area contributed by atoms with Gasteiger partial charge >= 0.3 is 0 Å². The lowest BCUT2D eigenvalue weighted by molar-refractivity contribution is -0.386. The molecule has 0 unspecified atom stereocenters. The molecule has 0 saturated carbocycles. The van der Waals surface area contributed by atoms with E-state index in [9.17, 15) is 10.1 Å². The first-order valence-corrected chi connectivity index (χ1v) is 10.5. The van der Waals surface area contributed by atoms with Gasteiger partial charge in [-0.1, -0.05) is 27.7 Å². The van der Waals surface area contributed by atoms with Gasteiger partial charge in [0.25, 0.3) is 5.69 Å². The van der Waals surface area contributed by atoms with Crippen LogP contribution in [0.15, 0.2) is 22.1 Å². The highest BCUT2D eigenvalue weighted by Crippen LogP contribution is 2.45. The molecule has 0 bridgehead atoms. The smallest absolute Gasteiger partial charge is 0.296 e. The fourth-order valence-corrected chi connectivity index (χ4v) is 5.44. The van der Waals surface area contributed by atoms with Crippen molar-refractivity contribution in [2.24, 2.45) is 9.98 Å². The number of nitrogens with one attached hydrogen (secondary N) is 1. The summed E-state index contributed by atoms with van der Waals surface area (Å²) in [7, 11) is 2.30. The average Bonchev–Trinajstić information content (AvgIpc) is 3.19. The molecule has 1 aromatic rings. The second kappa shape index (κ2) is 7.78. The second-order valence-corrected chi connectivity index (χ2v) is 8.22. The Bertz CT molecular complexity index is 836. The summed E-state index contributed by atoms with van der Waals surface area (Å²) < 4.78 is 0. The minimum atomic E-state index is -0.374. The van der Waals surface area contributed by atoms with Gasteiger partial charge in [-0.05, 0) is 51.6 Å². The zero-order valence-electron chi connectivity index (χ0n) is 17.8. The number of benzene rings is 1. The molecular weight excluding hydrogens is 354 g/mol. The van der Waals surface area contributed by atoms with Crippen molar-refractivity contribution in [2.45, 2.75) is 83.3 Å². The molecule has 0 radical (unpaired) electrons. The Morgan fingerprint density at radius 2 is 1.61 bits per heavy atom. The molecule has 1 N–H and O–H groups in total. The lowest BCUT2D eigenvalue weighted by atomic mass is 9.69. The molecule has 28 heavy (non-hydrogen) atoms. The first-order chi connectivity index (χ1) is 13.4. The quantitative estimate of drug-likeness (QED) is 0.574. The molecule has 2 aliphatic rings. The van der Waals surface area contributed by atoms with Gasteiger partial charge < -0.3 is 5.32 Å². The monoisotopic (exact) mass is 387 g/mol. The molecule has 0 spiro atoms. The van der Waals surface area contributed by atoms with Gasteiger partial charge in [-0.15, -0.1) is 0 Å². The second-order valence-electron chi connectivity index (χ2n) is 8.22. The first-order valence-electron chi connectivity index (χ1n) is 10.5. The number of hydrogen-bond acceptors (Lipinski definition) is 6. The molecule has 7 nitrogen and oxygen atoms in total. The van der Waals surface area contributed by atoms with E-state index in [1.165, 1.54) is 0 Å². The van der Waals surface area contributed by atoms with E-state index in [0.717, 1.165) is 44.2 Å². The summed E-state index contributed by atoms with van der Waals surface area (Å²) >= 11 is 0. The van der Waals surface area contributed by atoms with Crippen LogP contribution >= 0.6 is 0 Å². The Kier molecular flexibility index (Phi) is 5.75. The lowest BCUT2D eigenvalue weighted by Crippen LogP contribution is -2.65. The van der Waals surface area contributed by atoms with Crippen LogP contribution in [0.2, 0.25) is 0 Å². The maximum Gasteiger partial charge on any atom is 0.296 e. The van der Waals surface area contributed by atoms with Crippen molar-refractivity contribution in [2.75, 3.05) is 19.0 Å². The van der Waals surface area contributed by atoms with Crippen molar-refractivity contribution in [3.8, 4) is 0 Å². The highest BCUT2D eigenvalue weighted by Gasteiger charge is 2.49. The third-order valence-corrected chi connectivity index (χ3v) is 7.45. The van der Waals surface area contributed by atoms with Crippen LogP contribution in [0.1, 0.15) is 66.2 Å². The van der Waals surface area contributed by atoms with E-state index in [4.69, 9.17) is 0 Å². The number of nitrogens with zero attached hydrogens (tertiary/aromatic N) is 4. The van der Waals surface area contributed by atoms with Gasteiger partial charge in [0.15, 0.2) is 5.36 Å². The van der Waals surface area contributed by atoms with Crippen LogP contribution in [0.4, 0.5) is 11.4 Å². The van der Waals surface area contributed by atoms with Crippen LogP contribution in [0, 0.1) is 10.1 Å². The molecule has 0 atom stereocenters. The number of piperidine rings is 1. The zero-order chi connectivity index (χ0) is 20.5. The number of likely N-dealkylation sites (tertiary alicyclic amines) is 1. The van der Waals surface area contributed by atoms with Gasteiger partial charge in [0.2, 0.25) is 0 Å². The van der Waals surface area contributed by atoms with E-state index >= 15 is 0 Å². The highest BCUT2D eigenvalue weighted by molar-refractivity contribution is 5.49. The van der Waals surface area contributed by atoms with Crippen LogP contribution in [0.25, 0.3) is 0 Å². The summed E-state index contributed by atoms with van der Waals surface area (Å²) in [5, 5.41) is 16.1. The molecule has 1 aromatic carbocycles. The third-order valence-electron chi connectivity index (χ3n) is 7.45. The number of non-ortho nitro benzene ring substituents is 1. The van der Waals surface area contributed by atoms with Gasteiger partial charge in [0.05, 0.1) is 10.6 Å². The maximum absolute atomic E-state index is 11.3. The van der Waals surface area contributed by atoms with Crippen molar-refractivity contribution in [1.82, 2.24) is 4.90 Å². The van der Waals surface area contributed by atoms with Crippen LogP contribution in [0.3, 0.4) is 0 Å². The summed E-state index contributed by atoms with van der Waals surface area (Å²) in [4.78, 5) is 22.3. The van der Waals surface area contributed by atoms with Crippen LogP contribution in [-0.2, 0) is 0 Å². The minimum absolute atomic E-state index is 0.0399. The van der Waals surface area contributed by atoms with E-state index in [0.29, 0.717) is 16.8 Å². The molecule has 0 aromatic heterocycles. The Hall–Kier alpha value is -2.02. The van der Waals surface area contributed by atoms with E-state index in [-0.39, 0.29) is 28.4 Å².